The predicted molar refractivity (Wildman–Crippen MR) is 125 cm³/mol. The number of carboxylic acid groups (broad SMARTS) is 4. The molecule has 0 bridgehead atoms. The van der Waals surface area contributed by atoms with E-state index in [0.717, 1.165) is 13.1 Å². The molecular weight excluding hydrogens is 460 g/mol. The third-order valence-electron chi connectivity index (χ3n) is 5.32. The van der Waals surface area contributed by atoms with Gasteiger partial charge >= 0.3 is 23.9 Å². The number of hydrogen-bond acceptors (Lipinski definition) is 7. The number of aromatic nitrogens is 1. The highest BCUT2D eigenvalue weighted by Gasteiger charge is 2.18. The molecule has 12 nitrogen and oxygen atoms in total. The number of para-hydroxylation sites is 1. The van der Waals surface area contributed by atoms with E-state index in [2.05, 4.69) is 58.2 Å². The van der Waals surface area contributed by atoms with Crippen LogP contribution in [-0.4, -0.2) is 79.4 Å². The Bertz CT molecular complexity index is 1000. The van der Waals surface area contributed by atoms with E-state index >= 15 is 0 Å². The molecule has 0 unspecified atom stereocenters. The summed E-state index contributed by atoms with van der Waals surface area (Å²) in [5.41, 5.74) is 2.58. The first-order chi connectivity index (χ1) is 16.6. The number of aryl methyl sites for hydroxylation is 1. The molecule has 1 aromatic carbocycles. The van der Waals surface area contributed by atoms with Gasteiger partial charge in [0.25, 0.3) is 0 Å². The van der Waals surface area contributed by atoms with Gasteiger partial charge in [-0.15, -0.1) is 0 Å². The zero-order chi connectivity index (χ0) is 26.4. The number of nitriles is 1. The molecule has 0 atom stereocenters. The van der Waals surface area contributed by atoms with Crippen molar-refractivity contribution in [2.45, 2.75) is 45.3 Å². The van der Waals surface area contributed by atoms with Crippen LogP contribution in [-0.2, 0) is 32.3 Å². The van der Waals surface area contributed by atoms with E-state index in [1.807, 2.05) is 0 Å². The molecule has 2 heterocycles. The molecule has 0 spiro atoms. The molecule has 190 valence electrons. The van der Waals surface area contributed by atoms with Gasteiger partial charge in [0.1, 0.15) is 0 Å². The average Bonchev–Trinajstić information content (AvgIpc) is 3.20. The van der Waals surface area contributed by atoms with Crippen molar-refractivity contribution in [3.8, 4) is 6.07 Å². The highest BCUT2D eigenvalue weighted by Crippen LogP contribution is 2.22. The van der Waals surface area contributed by atoms with Crippen LogP contribution in [0.15, 0.2) is 30.5 Å². The van der Waals surface area contributed by atoms with Crippen molar-refractivity contribution in [1.29, 1.82) is 5.26 Å². The number of nitrogens with one attached hydrogen (secondary N) is 1. The monoisotopic (exact) mass is 490 g/mol. The van der Waals surface area contributed by atoms with Crippen molar-refractivity contribution in [3.05, 3.63) is 36.0 Å². The number of aliphatic carboxylic acids is 4. The lowest BCUT2D eigenvalue weighted by Gasteiger charge is -2.31. The normalized spacial score (nSPS) is 13.5. The first-order valence-electron chi connectivity index (χ1n) is 10.9. The summed E-state index contributed by atoms with van der Waals surface area (Å²) in [6, 6.07) is 11.4. The summed E-state index contributed by atoms with van der Waals surface area (Å²) in [4.78, 5) is 38.9. The Labute approximate surface area is 202 Å². The van der Waals surface area contributed by atoms with Gasteiger partial charge in [0.15, 0.2) is 0 Å². The Morgan fingerprint density at radius 3 is 2.03 bits per heavy atom. The number of carboxylic acids is 4. The lowest BCUT2D eigenvalue weighted by atomic mass is 10.0. The van der Waals surface area contributed by atoms with Crippen LogP contribution < -0.4 is 5.32 Å². The fourth-order valence-corrected chi connectivity index (χ4v) is 3.53. The largest absolute Gasteiger partial charge is 0.473 e. The lowest BCUT2D eigenvalue weighted by molar-refractivity contribution is -0.159. The van der Waals surface area contributed by atoms with Gasteiger partial charge in [-0.1, -0.05) is 25.1 Å². The minimum atomic E-state index is -1.82. The maximum absolute atomic E-state index is 9.10. The zero-order valence-corrected chi connectivity index (χ0v) is 19.4. The number of hydrogen-bond donors (Lipinski definition) is 5. The van der Waals surface area contributed by atoms with E-state index in [0.29, 0.717) is 12.5 Å². The maximum Gasteiger partial charge on any atom is 0.414 e. The van der Waals surface area contributed by atoms with Crippen molar-refractivity contribution in [2.24, 2.45) is 0 Å². The van der Waals surface area contributed by atoms with Crippen LogP contribution in [0.5, 0.6) is 0 Å². The van der Waals surface area contributed by atoms with Gasteiger partial charge in [-0.3, -0.25) is 0 Å². The summed E-state index contributed by atoms with van der Waals surface area (Å²) in [6.45, 7) is 7.50. The molecule has 5 N–H and O–H groups in total. The molecule has 12 heteroatoms. The van der Waals surface area contributed by atoms with Crippen molar-refractivity contribution >= 4 is 34.8 Å². The van der Waals surface area contributed by atoms with E-state index < -0.39 is 23.9 Å². The molecule has 0 amide bonds. The van der Waals surface area contributed by atoms with Gasteiger partial charge < -0.3 is 35.2 Å². The van der Waals surface area contributed by atoms with Gasteiger partial charge in [0.2, 0.25) is 0 Å². The van der Waals surface area contributed by atoms with Crippen LogP contribution in [0, 0.1) is 11.3 Å². The average molecular weight is 491 g/mol. The molecule has 1 fully saturated rings. The molecule has 35 heavy (non-hydrogen) atoms. The van der Waals surface area contributed by atoms with E-state index in [4.69, 9.17) is 44.9 Å². The summed E-state index contributed by atoms with van der Waals surface area (Å²) in [5.74, 6) is -7.30. The summed E-state index contributed by atoms with van der Waals surface area (Å²) < 4.78 is 2.22. The Morgan fingerprint density at radius 1 is 1.00 bits per heavy atom. The van der Waals surface area contributed by atoms with Crippen LogP contribution >= 0.6 is 0 Å². The summed E-state index contributed by atoms with van der Waals surface area (Å²) >= 11 is 0. The topological polar surface area (TPSA) is 193 Å². The van der Waals surface area contributed by atoms with Gasteiger partial charge in [0.05, 0.1) is 12.5 Å². The Morgan fingerprint density at radius 2 is 1.54 bits per heavy atom. The molecular formula is C23H30N4O8. The summed E-state index contributed by atoms with van der Waals surface area (Å²) in [7, 11) is 0. The number of carbonyl (C=O) groups is 4. The lowest BCUT2D eigenvalue weighted by Crippen LogP contribution is -2.42. The number of benzene rings is 1. The standard InChI is InChI=1S/C19H26N4.2C2H2O4/c1-2-22-12-8-17(9-13-22)21-14-16-15-23(11-5-10-20)19-7-4-3-6-18(16)19;2*3-1(4)2(5)6/h3-4,6-7,15,17,21H,2,5,8-9,11-14H2,1H3;2*(H,3,4)(H,5,6). The quantitative estimate of drug-likeness (QED) is 0.368. The molecule has 0 saturated carbocycles. The highest BCUT2D eigenvalue weighted by molar-refractivity contribution is 6.27. The van der Waals surface area contributed by atoms with Crippen molar-refractivity contribution < 1.29 is 39.6 Å². The minimum absolute atomic E-state index is 0.557. The van der Waals surface area contributed by atoms with Gasteiger partial charge in [-0.2, -0.15) is 5.26 Å². The van der Waals surface area contributed by atoms with Gasteiger partial charge in [0, 0.05) is 36.2 Å². The number of fused-ring (bicyclic) bond motifs is 1. The van der Waals surface area contributed by atoms with Gasteiger partial charge in [-0.05, 0) is 44.1 Å². The predicted octanol–water partition coefficient (Wildman–Crippen LogP) is 1.44. The van der Waals surface area contributed by atoms with E-state index in [1.165, 1.54) is 48.9 Å². The van der Waals surface area contributed by atoms with Crippen LogP contribution in [0.25, 0.3) is 10.9 Å². The molecule has 3 rings (SSSR count). The molecule has 0 radical (unpaired) electrons. The van der Waals surface area contributed by atoms with E-state index in [9.17, 15) is 0 Å². The number of nitrogens with zero attached hydrogens (tertiary/aromatic N) is 3. The Hall–Kier alpha value is -3.95. The van der Waals surface area contributed by atoms with Crippen LogP contribution in [0.2, 0.25) is 0 Å². The Balaban J connectivity index is 0.000000425. The van der Waals surface area contributed by atoms with Gasteiger partial charge in [-0.25, -0.2) is 19.2 Å². The number of piperidine rings is 1. The van der Waals surface area contributed by atoms with Crippen molar-refractivity contribution in [3.63, 3.8) is 0 Å². The van der Waals surface area contributed by atoms with E-state index in [1.54, 1.807) is 0 Å². The summed E-state index contributed by atoms with van der Waals surface area (Å²) in [6.07, 6.45) is 5.25. The number of rotatable bonds is 6. The molecule has 1 aromatic heterocycles. The first kappa shape index (κ1) is 29.1. The second kappa shape index (κ2) is 15.0. The van der Waals surface area contributed by atoms with E-state index in [-0.39, 0.29) is 0 Å². The second-order valence-electron chi connectivity index (χ2n) is 7.58. The maximum atomic E-state index is 9.10. The fraction of sp³-hybridized carbons (Fsp3) is 0.435. The summed E-state index contributed by atoms with van der Waals surface area (Å²) in [5, 5.41) is 43.5. The first-order valence-corrected chi connectivity index (χ1v) is 10.9. The number of likely N-dealkylation sites (tertiary alicyclic amines) is 1. The smallest absolute Gasteiger partial charge is 0.414 e. The molecule has 0 aliphatic carbocycles. The molecule has 1 aliphatic rings. The second-order valence-corrected chi connectivity index (χ2v) is 7.58. The van der Waals surface area contributed by atoms with Crippen molar-refractivity contribution in [2.75, 3.05) is 19.6 Å². The SMILES string of the molecule is CCN1CCC(NCc2cn(CCC#N)c3ccccc23)CC1.O=C(O)C(=O)O.O=C(O)C(=O)O. The minimum Gasteiger partial charge on any atom is -0.473 e. The van der Waals surface area contributed by atoms with Crippen LogP contribution in [0.3, 0.4) is 0 Å². The zero-order valence-electron chi connectivity index (χ0n) is 19.4. The Kier molecular flexibility index (Phi) is 12.5. The molecule has 2 aromatic rings. The molecule has 1 aliphatic heterocycles. The van der Waals surface area contributed by atoms with Crippen LogP contribution in [0.4, 0.5) is 0 Å². The third-order valence-corrected chi connectivity index (χ3v) is 5.32. The van der Waals surface area contributed by atoms with Crippen LogP contribution in [0.1, 0.15) is 31.7 Å². The third kappa shape index (κ3) is 10.2. The molecule has 1 saturated heterocycles. The van der Waals surface area contributed by atoms with Crippen molar-refractivity contribution in [1.82, 2.24) is 14.8 Å². The highest BCUT2D eigenvalue weighted by atomic mass is 16.4. The fourth-order valence-electron chi connectivity index (χ4n) is 3.53.